The van der Waals surface area contributed by atoms with E-state index in [9.17, 15) is 21.9 Å². The molecule has 1 aliphatic heterocycles. The zero-order valence-corrected chi connectivity index (χ0v) is 21.5. The second-order valence-electron chi connectivity index (χ2n) is 7.42. The second kappa shape index (κ2) is 9.49. The zero-order chi connectivity index (χ0) is 24.6. The molecule has 1 aliphatic rings. The predicted molar refractivity (Wildman–Crippen MR) is 129 cm³/mol. The largest absolute Gasteiger partial charge is 0.504 e. The summed E-state index contributed by atoms with van der Waals surface area (Å²) >= 11 is 0.908. The molecule has 1 atom stereocenters. The summed E-state index contributed by atoms with van der Waals surface area (Å²) in [7, 11) is -7.80. The number of aromatic hydroxyl groups is 1. The van der Waals surface area contributed by atoms with Crippen LogP contribution < -0.4 is 10.6 Å². The van der Waals surface area contributed by atoms with Gasteiger partial charge in [0.2, 0.25) is 0 Å². The van der Waals surface area contributed by atoms with Crippen molar-refractivity contribution in [3.63, 3.8) is 0 Å². The fraction of sp³-hybridized carbons (Fsp3) is 0.450. The second-order valence-corrected chi connectivity index (χ2v) is 12.2. The minimum absolute atomic E-state index is 0.0419. The van der Waals surface area contributed by atoms with Crippen LogP contribution in [0.5, 0.6) is 5.75 Å². The first-order chi connectivity index (χ1) is 15.4. The lowest BCUT2D eigenvalue weighted by atomic mass is 10.1. The molecule has 10 nitrogen and oxygen atoms in total. The van der Waals surface area contributed by atoms with Crippen LogP contribution in [0, 0.1) is 13.8 Å². The van der Waals surface area contributed by atoms with E-state index in [1.807, 2.05) is 26.0 Å². The van der Waals surface area contributed by atoms with E-state index in [0.717, 1.165) is 22.5 Å². The lowest BCUT2D eigenvalue weighted by Crippen LogP contribution is -2.30. The molecule has 0 saturated heterocycles. The van der Waals surface area contributed by atoms with Gasteiger partial charge < -0.3 is 20.2 Å². The highest BCUT2D eigenvalue weighted by Crippen LogP contribution is 2.43. The molecule has 0 aliphatic carbocycles. The van der Waals surface area contributed by atoms with Gasteiger partial charge in [0.25, 0.3) is 20.0 Å². The molecule has 0 saturated carbocycles. The van der Waals surface area contributed by atoms with Gasteiger partial charge in [0, 0.05) is 18.0 Å². The van der Waals surface area contributed by atoms with Gasteiger partial charge in [-0.15, -0.1) is 15.7 Å². The van der Waals surface area contributed by atoms with Crippen LogP contribution in [0.4, 0.5) is 5.69 Å². The Morgan fingerprint density at radius 1 is 1.21 bits per heavy atom. The van der Waals surface area contributed by atoms with Crippen molar-refractivity contribution < 1.29 is 26.4 Å². The summed E-state index contributed by atoms with van der Waals surface area (Å²) in [6, 6.07) is 3.31. The van der Waals surface area contributed by atoms with E-state index in [1.165, 1.54) is 4.31 Å². The fourth-order valence-electron chi connectivity index (χ4n) is 3.43. The summed E-state index contributed by atoms with van der Waals surface area (Å²) in [6.45, 7) is 9.30. The Hall–Kier alpha value is -2.35. The van der Waals surface area contributed by atoms with E-state index in [4.69, 9.17) is 4.42 Å². The lowest BCUT2D eigenvalue weighted by Gasteiger charge is -2.19. The Labute approximate surface area is 198 Å². The van der Waals surface area contributed by atoms with E-state index in [-0.39, 0.29) is 40.6 Å². The van der Waals surface area contributed by atoms with Crippen LogP contribution in [0.1, 0.15) is 49.6 Å². The van der Waals surface area contributed by atoms with E-state index >= 15 is 0 Å². The van der Waals surface area contributed by atoms with E-state index in [0.29, 0.717) is 17.1 Å². The molecule has 3 heterocycles. The number of sulfonamides is 2. The molecule has 0 unspecified atom stereocenters. The highest BCUT2D eigenvalue weighted by atomic mass is 32.2. The van der Waals surface area contributed by atoms with Gasteiger partial charge in [-0.3, -0.25) is 0 Å². The monoisotopic (exact) mass is 516 g/mol. The quantitative estimate of drug-likeness (QED) is 0.460. The number of hydrogen-bond acceptors (Lipinski definition) is 9. The highest BCUT2D eigenvalue weighted by molar-refractivity contribution is 7.93. The van der Waals surface area contributed by atoms with Crippen LogP contribution in [0.15, 0.2) is 36.3 Å². The van der Waals surface area contributed by atoms with E-state index in [1.54, 1.807) is 20.8 Å². The molecule has 0 aromatic carbocycles. The number of thiophene rings is 1. The molecule has 2 aromatic rings. The Morgan fingerprint density at radius 3 is 2.42 bits per heavy atom. The number of rotatable bonds is 9. The Bertz CT molecular complexity index is 1300. The Balaban J connectivity index is 1.94. The van der Waals surface area contributed by atoms with Crippen LogP contribution >= 0.6 is 11.3 Å². The number of hydrogen-bond donors (Lipinski definition) is 3. The fourth-order valence-corrected chi connectivity index (χ4v) is 7.46. The first-order valence-electron chi connectivity index (χ1n) is 10.4. The maximum absolute atomic E-state index is 12.9. The Kier molecular flexibility index (Phi) is 7.27. The normalized spacial score (nSPS) is 16.5. The van der Waals surface area contributed by atoms with Crippen molar-refractivity contribution in [1.82, 2.24) is 9.62 Å². The summed E-state index contributed by atoms with van der Waals surface area (Å²) < 4.78 is 60.7. The van der Waals surface area contributed by atoms with Crippen LogP contribution in [0.3, 0.4) is 0 Å². The molecule has 3 N–H and O–H groups in total. The average Bonchev–Trinajstić information content (AvgIpc) is 3.38. The maximum atomic E-state index is 12.9. The van der Waals surface area contributed by atoms with Crippen LogP contribution in [-0.4, -0.2) is 45.2 Å². The van der Waals surface area contributed by atoms with Gasteiger partial charge in [-0.25, -0.2) is 8.42 Å². The number of nitrogens with one attached hydrogen (secondary N) is 2. The molecular weight excluding hydrogens is 488 g/mol. The van der Waals surface area contributed by atoms with Gasteiger partial charge >= 0.3 is 0 Å². The topological polar surface area (TPSA) is 141 Å². The standard InChI is InChI=1S/C20H28N4O6S3/c1-6-14(16-10-9-12(4)30-16)21-15-11-32(26,27)23-19(15)22-17-13(5)31-20(18(17)25)33(28,29)24(7-2)8-3/h9-11,14,21,25H,6-8H2,1-5H3,(H,22,23)/t14-/m1/s1. The minimum atomic E-state index is -3.90. The summed E-state index contributed by atoms with van der Waals surface area (Å²) in [4.78, 5) is 0.471. The molecule has 0 bridgehead atoms. The van der Waals surface area contributed by atoms with Gasteiger partial charge in [0.1, 0.15) is 11.5 Å². The van der Waals surface area contributed by atoms with Crippen LogP contribution in [-0.2, 0) is 20.0 Å². The van der Waals surface area contributed by atoms with Crippen LogP contribution in [0.2, 0.25) is 0 Å². The van der Waals surface area contributed by atoms with Crippen molar-refractivity contribution in [1.29, 1.82) is 0 Å². The number of aryl methyl sites for hydroxylation is 2. The molecule has 182 valence electrons. The zero-order valence-electron chi connectivity index (χ0n) is 19.0. The minimum Gasteiger partial charge on any atom is -0.504 e. The SMILES string of the molecule is CC[C@@H](NC1=CS(=O)(=O)N=C1Nc1c(C)sc(S(=O)(=O)N(CC)CC)c1O)c1ccc(C)o1. The first-order valence-corrected chi connectivity index (χ1v) is 14.2. The molecule has 33 heavy (non-hydrogen) atoms. The summed E-state index contributed by atoms with van der Waals surface area (Å²) in [5.74, 6) is 0.858. The lowest BCUT2D eigenvalue weighted by molar-refractivity contribution is 0.414. The molecule has 0 fully saturated rings. The van der Waals surface area contributed by atoms with E-state index in [2.05, 4.69) is 15.0 Å². The molecule has 2 aromatic heterocycles. The maximum Gasteiger partial charge on any atom is 0.279 e. The predicted octanol–water partition coefficient (Wildman–Crippen LogP) is 3.43. The van der Waals surface area contributed by atoms with E-state index < -0.39 is 25.8 Å². The van der Waals surface area contributed by atoms with Gasteiger partial charge in [0.05, 0.1) is 22.8 Å². The molecule has 0 spiro atoms. The van der Waals surface area contributed by atoms with Crippen molar-refractivity contribution in [2.75, 3.05) is 18.4 Å². The van der Waals surface area contributed by atoms with Gasteiger partial charge in [0.15, 0.2) is 15.8 Å². The molecular formula is C20H28N4O6S3. The first kappa shape index (κ1) is 25.3. The molecule has 3 rings (SSSR count). The van der Waals surface area contributed by atoms with Crippen molar-refractivity contribution in [3.8, 4) is 5.75 Å². The highest BCUT2D eigenvalue weighted by Gasteiger charge is 2.32. The third-order valence-electron chi connectivity index (χ3n) is 5.13. The van der Waals surface area contributed by atoms with Gasteiger partial charge in [-0.1, -0.05) is 20.8 Å². The third-order valence-corrected chi connectivity index (χ3v) is 9.73. The third kappa shape index (κ3) is 5.10. The smallest absolute Gasteiger partial charge is 0.279 e. The number of anilines is 1. The Morgan fingerprint density at radius 2 is 1.88 bits per heavy atom. The van der Waals surface area contributed by atoms with Gasteiger partial charge in [-0.2, -0.15) is 12.7 Å². The van der Waals surface area contributed by atoms with Crippen molar-refractivity contribution in [2.45, 2.75) is 51.3 Å². The number of nitrogens with zero attached hydrogens (tertiary/aromatic N) is 2. The van der Waals surface area contributed by atoms with Crippen LogP contribution in [0.25, 0.3) is 0 Å². The molecule has 13 heteroatoms. The van der Waals surface area contributed by atoms with Crippen molar-refractivity contribution in [3.05, 3.63) is 39.6 Å². The van der Waals surface area contributed by atoms with Gasteiger partial charge in [-0.05, 0) is 32.4 Å². The van der Waals surface area contributed by atoms with Crippen molar-refractivity contribution in [2.24, 2.45) is 4.40 Å². The number of amidine groups is 1. The molecule has 0 amide bonds. The number of furan rings is 1. The summed E-state index contributed by atoms with van der Waals surface area (Å²) in [5.41, 5.74) is 0.283. The van der Waals surface area contributed by atoms with Crippen molar-refractivity contribution >= 4 is 42.9 Å². The summed E-state index contributed by atoms with van der Waals surface area (Å²) in [5, 5.41) is 17.7. The molecule has 0 radical (unpaired) electrons. The summed E-state index contributed by atoms with van der Waals surface area (Å²) in [6.07, 6.45) is 0.604. The average molecular weight is 517 g/mol.